The number of allylic oxidation sites excluding steroid dienone is 2. The largest absolute Gasteiger partial charge is 2.00 e. The molecule has 66 heavy (non-hydrogen) atoms. The van der Waals surface area contributed by atoms with Crippen LogP contribution in [0, 0.1) is 6.58 Å². The van der Waals surface area contributed by atoms with Gasteiger partial charge in [0.25, 0.3) is 11.8 Å². The summed E-state index contributed by atoms with van der Waals surface area (Å²) < 4.78 is 13.0. The van der Waals surface area contributed by atoms with Crippen LogP contribution in [0.25, 0.3) is 20.4 Å². The second kappa shape index (κ2) is 23.2. The molecule has 6 heterocycles. The quantitative estimate of drug-likeness (QED) is 0.0626. The Morgan fingerprint density at radius 2 is 1.17 bits per heavy atom. The van der Waals surface area contributed by atoms with E-state index in [4.69, 9.17) is 16.1 Å². The van der Waals surface area contributed by atoms with Crippen LogP contribution in [0.5, 0.6) is 11.5 Å². The van der Waals surface area contributed by atoms with Crippen LogP contribution in [0.3, 0.4) is 0 Å². The average Bonchev–Trinajstić information content (AvgIpc) is 3.84. The summed E-state index contributed by atoms with van der Waals surface area (Å²) in [5, 5.41) is 17.5. The van der Waals surface area contributed by atoms with Crippen molar-refractivity contribution >= 4 is 95.1 Å². The first-order valence-electron chi connectivity index (χ1n) is 21.1. The molecule has 344 valence electrons. The molecular formula is C50H57BrMgN6O6S2. The summed E-state index contributed by atoms with van der Waals surface area (Å²) in [5.74, 6) is 1.28. The van der Waals surface area contributed by atoms with E-state index < -0.39 is 5.60 Å². The molecule has 4 aromatic heterocycles. The van der Waals surface area contributed by atoms with Gasteiger partial charge in [-0.3, -0.25) is 29.9 Å². The maximum Gasteiger partial charge on any atom is 2.00 e. The van der Waals surface area contributed by atoms with Crippen molar-refractivity contribution in [2.75, 3.05) is 51.2 Å². The number of halogens is 1. The third-order valence-corrected chi connectivity index (χ3v) is 12.8. The Hall–Kier alpha value is -4.84. The monoisotopic (exact) mass is 1000 g/mol. The standard InChI is InChI=1S/C25H29N3O3S.C21H21N3O3S.C4H7.BrH.Mg/c1-15(2)14-25(3,30)17-10-12-26-20-21(28(4)5)23(32-22(17)20)24(29)27-18-11-13-31-19-9-7-6-8-16(18)19;1-12(25)13-8-10-22-17-18(24(2)3)20(28-19(13)17)21(26)23-15-9-11-27-16-7-5-4-6-14(15)16;1-4(2)3;;/h6-10,12,14,18,30H,11,13H2,1-5H3,(H,27,29);4-8,10,15H,9,11H2,1-3H3,(H,23,26);1H,2-3H3;1H;/q;;-1;;+2/p-1/t18-,25?;15-;;;/m00.../s1. The number of ketones is 1. The smallest absolute Gasteiger partial charge is 1.00 e. The molecule has 16 heteroatoms. The van der Waals surface area contributed by atoms with E-state index in [1.807, 2.05) is 126 Å². The van der Waals surface area contributed by atoms with E-state index in [1.165, 1.54) is 29.6 Å². The Balaban J connectivity index is 0.000000261. The molecule has 0 aliphatic carbocycles. The van der Waals surface area contributed by atoms with Crippen molar-refractivity contribution in [2.24, 2.45) is 0 Å². The van der Waals surface area contributed by atoms with Crippen molar-refractivity contribution in [3.63, 3.8) is 0 Å². The number of aromatic nitrogens is 2. The molecule has 0 bridgehead atoms. The molecule has 0 radical (unpaired) electrons. The summed E-state index contributed by atoms with van der Waals surface area (Å²) in [6.07, 6.45) is 6.57. The molecule has 3 N–H and O–H groups in total. The molecule has 2 aliphatic heterocycles. The fourth-order valence-electron chi connectivity index (χ4n) is 7.84. The van der Waals surface area contributed by atoms with Crippen molar-refractivity contribution < 1.29 is 45.9 Å². The van der Waals surface area contributed by atoms with Gasteiger partial charge in [0.05, 0.1) is 46.1 Å². The second-order valence-electron chi connectivity index (χ2n) is 16.8. The number of aliphatic hydroxyl groups is 1. The Morgan fingerprint density at radius 1 is 0.742 bits per heavy atom. The van der Waals surface area contributed by atoms with Gasteiger partial charge in [-0.25, -0.2) is 0 Å². The van der Waals surface area contributed by atoms with Gasteiger partial charge in [-0.2, -0.15) is 0 Å². The number of pyridine rings is 2. The molecule has 3 atom stereocenters. The minimum Gasteiger partial charge on any atom is -1.00 e. The zero-order valence-corrected chi connectivity index (χ0v) is 43.9. The fraction of sp³-hybridized carbons (Fsp3) is 0.340. The number of nitrogens with zero attached hydrogens (tertiary/aromatic N) is 4. The second-order valence-corrected chi connectivity index (χ2v) is 18.9. The number of hydrogen-bond donors (Lipinski definition) is 3. The van der Waals surface area contributed by atoms with Crippen molar-refractivity contribution in [1.82, 2.24) is 20.6 Å². The normalized spacial score (nSPS) is 15.3. The Bertz CT molecular complexity index is 2740. The topological polar surface area (TPSA) is 146 Å². The molecule has 0 saturated heterocycles. The zero-order chi connectivity index (χ0) is 46.5. The van der Waals surface area contributed by atoms with E-state index in [-0.39, 0.29) is 69.7 Å². The molecule has 6 aromatic rings. The number of anilines is 2. The summed E-state index contributed by atoms with van der Waals surface area (Å²) in [6.45, 7) is 17.1. The number of hydrogen-bond acceptors (Lipinski definition) is 12. The Kier molecular flexibility index (Phi) is 18.9. The van der Waals surface area contributed by atoms with Crippen LogP contribution >= 0.6 is 22.7 Å². The first-order chi connectivity index (χ1) is 30.4. The number of amides is 2. The van der Waals surface area contributed by atoms with E-state index >= 15 is 0 Å². The molecule has 2 aliphatic rings. The zero-order valence-electron chi connectivity index (χ0n) is 39.2. The van der Waals surface area contributed by atoms with Crippen LogP contribution in [-0.2, 0) is 5.60 Å². The number of ether oxygens (including phenoxy) is 2. The number of nitrogens with one attached hydrogen (secondary N) is 2. The van der Waals surface area contributed by atoms with E-state index in [9.17, 15) is 19.5 Å². The summed E-state index contributed by atoms with van der Waals surface area (Å²) in [7, 11) is 7.57. The van der Waals surface area contributed by atoms with Gasteiger partial charge in [0.1, 0.15) is 37.9 Å². The number of benzene rings is 2. The van der Waals surface area contributed by atoms with Crippen molar-refractivity contribution in [2.45, 2.75) is 72.1 Å². The van der Waals surface area contributed by atoms with Crippen LogP contribution in [0.4, 0.5) is 11.4 Å². The van der Waals surface area contributed by atoms with Crippen LogP contribution in [0.1, 0.15) is 113 Å². The third-order valence-electron chi connectivity index (χ3n) is 10.4. The molecule has 1 unspecified atom stereocenters. The van der Waals surface area contributed by atoms with Crippen molar-refractivity contribution in [3.8, 4) is 11.5 Å². The van der Waals surface area contributed by atoms with E-state index in [0.717, 1.165) is 65.6 Å². The van der Waals surface area contributed by atoms with Gasteiger partial charge >= 0.3 is 23.1 Å². The molecule has 8 rings (SSSR count). The van der Waals surface area contributed by atoms with Crippen LogP contribution < -0.4 is 46.9 Å². The minimum absolute atomic E-state index is 0. The first kappa shape index (κ1) is 53.8. The van der Waals surface area contributed by atoms with Gasteiger partial charge in [0.15, 0.2) is 5.78 Å². The summed E-state index contributed by atoms with van der Waals surface area (Å²) in [4.78, 5) is 52.7. The molecule has 12 nitrogen and oxygen atoms in total. The van der Waals surface area contributed by atoms with Crippen LogP contribution in [0.15, 0.2) is 90.3 Å². The molecule has 0 saturated carbocycles. The number of fused-ring (bicyclic) bond motifs is 4. The van der Waals surface area contributed by atoms with Crippen LogP contribution in [-0.4, -0.2) is 97.1 Å². The van der Waals surface area contributed by atoms with Gasteiger partial charge < -0.3 is 58.6 Å². The summed E-state index contributed by atoms with van der Waals surface area (Å²) in [5.41, 5.74) is 6.97. The number of carbonyl (C=O) groups excluding carboxylic acids is 3. The van der Waals surface area contributed by atoms with Gasteiger partial charge in [-0.15, -0.1) is 22.7 Å². The van der Waals surface area contributed by atoms with Gasteiger partial charge in [0.2, 0.25) is 0 Å². The maximum absolute atomic E-state index is 13.5. The van der Waals surface area contributed by atoms with Gasteiger partial charge in [0, 0.05) is 75.7 Å². The first-order valence-corrected chi connectivity index (χ1v) is 22.7. The molecule has 2 aromatic carbocycles. The van der Waals surface area contributed by atoms with E-state index in [1.54, 1.807) is 25.4 Å². The number of thiophene rings is 2. The van der Waals surface area contributed by atoms with Gasteiger partial charge in [-0.05, 0) is 52.0 Å². The number of rotatable bonds is 9. The predicted octanol–water partition coefficient (Wildman–Crippen LogP) is 6.62. The maximum atomic E-state index is 13.5. The molecule has 0 fully saturated rings. The van der Waals surface area contributed by atoms with E-state index in [2.05, 4.69) is 20.6 Å². The van der Waals surface area contributed by atoms with Crippen molar-refractivity contribution in [1.29, 1.82) is 0 Å². The van der Waals surface area contributed by atoms with Crippen LogP contribution in [0.2, 0.25) is 0 Å². The molecule has 0 spiro atoms. The summed E-state index contributed by atoms with van der Waals surface area (Å²) in [6, 6.07) is 18.9. The van der Waals surface area contributed by atoms with Crippen molar-refractivity contribution in [3.05, 3.63) is 129 Å². The fourth-order valence-corrected chi connectivity index (χ4v) is 10.5. The summed E-state index contributed by atoms with van der Waals surface area (Å²) >= 11 is 2.69. The Labute approximate surface area is 422 Å². The number of carbonyl (C=O) groups is 3. The van der Waals surface area contributed by atoms with Gasteiger partial charge in [-0.1, -0.05) is 61.9 Å². The SMILES string of the molecule is CC(=O)c1ccnc2c(N(C)C)c(C(=O)N[C@H]3CCOc4ccccc43)sc12.CC(C)=CC(C)(O)c1ccnc2c(N(C)C)c(C(=O)N[C@H]3CCOc4ccccc43)sc12.[Br-].[CH-]=C(C)C.[Mg+2]. The predicted molar refractivity (Wildman–Crippen MR) is 265 cm³/mol. The number of Topliss-reactive ketones (excluding diaryl/α,β-unsaturated/α-hetero) is 1. The third kappa shape index (κ3) is 12.2. The molecule has 2 amide bonds. The molecular weight excluding hydrogens is 949 g/mol. The minimum atomic E-state index is -1.16. The van der Waals surface area contributed by atoms with E-state index in [0.29, 0.717) is 46.9 Å². The Morgan fingerprint density at radius 3 is 1.61 bits per heavy atom. The average molecular weight is 1010 g/mol. The number of para-hydroxylation sites is 2.